The fourth-order valence-electron chi connectivity index (χ4n) is 1.82. The predicted octanol–water partition coefficient (Wildman–Crippen LogP) is 2.85. The number of likely N-dealkylation sites (tertiary alicyclic amines) is 1. The van der Waals surface area contributed by atoms with Crippen LogP contribution in [-0.4, -0.2) is 44.1 Å². The van der Waals surface area contributed by atoms with Crippen LogP contribution in [0.1, 0.15) is 27.2 Å². The maximum Gasteiger partial charge on any atom is 0.410 e. The Morgan fingerprint density at radius 2 is 1.88 bits per heavy atom. The number of nitrogens with zero attached hydrogens (tertiary/aromatic N) is 1. The molecule has 1 aliphatic heterocycles. The fourth-order valence-corrected chi connectivity index (χ4v) is 3.01. The van der Waals surface area contributed by atoms with E-state index < -0.39 is 13.9 Å². The van der Waals surface area contributed by atoms with E-state index >= 15 is 0 Å². The summed E-state index contributed by atoms with van der Waals surface area (Å²) in [6, 6.07) is 0. The van der Waals surface area contributed by atoms with E-state index in [1.165, 1.54) is 0 Å². The number of rotatable bonds is 2. The molecule has 0 unspecified atom stereocenters. The fraction of sp³-hybridized carbons (Fsp3) is 0.917. The van der Waals surface area contributed by atoms with Crippen molar-refractivity contribution in [2.45, 2.75) is 58.5 Å². The Balaban J connectivity index is 2.43. The molecule has 0 aromatic rings. The predicted molar refractivity (Wildman–Crippen MR) is 70.6 cm³/mol. The third kappa shape index (κ3) is 5.54. The van der Waals surface area contributed by atoms with E-state index in [1.54, 1.807) is 4.90 Å². The van der Waals surface area contributed by atoms with E-state index in [2.05, 4.69) is 19.6 Å². The van der Waals surface area contributed by atoms with Crippen molar-refractivity contribution >= 4 is 14.4 Å². The number of ether oxygens (including phenoxy) is 1. The van der Waals surface area contributed by atoms with Gasteiger partial charge in [-0.25, -0.2) is 4.79 Å². The number of hydrogen-bond donors (Lipinski definition) is 0. The van der Waals surface area contributed by atoms with E-state index in [9.17, 15) is 4.79 Å². The van der Waals surface area contributed by atoms with Gasteiger partial charge in [-0.1, -0.05) is 0 Å². The first-order valence-corrected chi connectivity index (χ1v) is 9.63. The normalized spacial score (nSPS) is 21.8. The minimum Gasteiger partial charge on any atom is -0.444 e. The second-order valence-electron chi connectivity index (χ2n) is 6.57. The molecule has 1 heterocycles. The monoisotopic (exact) mass is 259 g/mol. The van der Waals surface area contributed by atoms with Crippen LogP contribution in [0.2, 0.25) is 19.6 Å². The van der Waals surface area contributed by atoms with Gasteiger partial charge in [0.2, 0.25) is 0 Å². The van der Waals surface area contributed by atoms with Crippen molar-refractivity contribution < 1.29 is 14.0 Å². The summed E-state index contributed by atoms with van der Waals surface area (Å²) in [5, 5.41) is 0. The average Bonchev–Trinajstić information content (AvgIpc) is 2.45. The molecule has 0 saturated carbocycles. The van der Waals surface area contributed by atoms with Gasteiger partial charge in [0.15, 0.2) is 8.32 Å². The van der Waals surface area contributed by atoms with Crippen molar-refractivity contribution in [1.82, 2.24) is 4.90 Å². The van der Waals surface area contributed by atoms with Gasteiger partial charge in [0.1, 0.15) is 5.60 Å². The van der Waals surface area contributed by atoms with Gasteiger partial charge >= 0.3 is 6.09 Å². The molecular formula is C12H25NO3Si. The maximum absolute atomic E-state index is 11.8. The van der Waals surface area contributed by atoms with Crippen molar-refractivity contribution in [2.75, 3.05) is 13.1 Å². The minimum atomic E-state index is -1.51. The third-order valence-electron chi connectivity index (χ3n) is 2.32. The van der Waals surface area contributed by atoms with Crippen molar-refractivity contribution in [1.29, 1.82) is 0 Å². The highest BCUT2D eigenvalue weighted by atomic mass is 28.4. The molecule has 0 radical (unpaired) electrons. The molecule has 0 aliphatic carbocycles. The summed E-state index contributed by atoms with van der Waals surface area (Å²) >= 11 is 0. The molecule has 1 fully saturated rings. The van der Waals surface area contributed by atoms with Crippen LogP contribution in [0.15, 0.2) is 0 Å². The molecule has 0 bridgehead atoms. The lowest BCUT2D eigenvalue weighted by Crippen LogP contribution is -2.38. The Hall–Kier alpha value is -0.553. The van der Waals surface area contributed by atoms with Crippen molar-refractivity contribution in [2.24, 2.45) is 0 Å². The maximum atomic E-state index is 11.8. The summed E-state index contributed by atoms with van der Waals surface area (Å²) in [7, 11) is -1.51. The standard InChI is InChI=1S/C12H25NO3Si/c1-12(2,3)15-11(14)13-8-7-10(9-13)16-17(4,5)6/h10H,7-9H2,1-6H3/t10-/m1/s1. The van der Waals surface area contributed by atoms with Gasteiger partial charge in [0, 0.05) is 13.1 Å². The molecule has 0 spiro atoms. The SMILES string of the molecule is CC(C)(C)OC(=O)N1CC[C@@H](O[Si](C)(C)C)C1. The summed E-state index contributed by atoms with van der Waals surface area (Å²) in [5.74, 6) is 0. The number of amides is 1. The molecule has 100 valence electrons. The molecule has 0 aromatic carbocycles. The van der Waals surface area contributed by atoms with Crippen LogP contribution in [0.5, 0.6) is 0 Å². The zero-order valence-corrected chi connectivity index (χ0v) is 12.9. The Kier molecular flexibility index (Phi) is 4.25. The number of carbonyl (C=O) groups is 1. The lowest BCUT2D eigenvalue weighted by atomic mass is 10.2. The van der Waals surface area contributed by atoms with Gasteiger partial charge < -0.3 is 14.1 Å². The number of carbonyl (C=O) groups excluding carboxylic acids is 1. The Morgan fingerprint density at radius 3 is 2.35 bits per heavy atom. The van der Waals surface area contributed by atoms with E-state index in [-0.39, 0.29) is 12.2 Å². The van der Waals surface area contributed by atoms with Crippen LogP contribution in [0.3, 0.4) is 0 Å². The highest BCUT2D eigenvalue weighted by Crippen LogP contribution is 2.20. The second-order valence-corrected chi connectivity index (χ2v) is 11.0. The summed E-state index contributed by atoms with van der Waals surface area (Å²) in [4.78, 5) is 13.6. The second kappa shape index (κ2) is 4.98. The molecule has 1 rings (SSSR count). The zero-order chi connectivity index (χ0) is 13.3. The first-order valence-electron chi connectivity index (χ1n) is 6.22. The van der Waals surface area contributed by atoms with Crippen LogP contribution < -0.4 is 0 Å². The van der Waals surface area contributed by atoms with Gasteiger partial charge in [-0.05, 0) is 46.8 Å². The highest BCUT2D eigenvalue weighted by Gasteiger charge is 2.32. The van der Waals surface area contributed by atoms with E-state index in [0.717, 1.165) is 13.0 Å². The topological polar surface area (TPSA) is 38.8 Å². The van der Waals surface area contributed by atoms with Crippen LogP contribution in [0, 0.1) is 0 Å². The lowest BCUT2D eigenvalue weighted by molar-refractivity contribution is 0.0274. The van der Waals surface area contributed by atoms with Crippen LogP contribution in [0.4, 0.5) is 4.79 Å². The van der Waals surface area contributed by atoms with Crippen LogP contribution in [-0.2, 0) is 9.16 Å². The first kappa shape index (κ1) is 14.5. The zero-order valence-electron chi connectivity index (χ0n) is 11.9. The minimum absolute atomic E-state index is 0.189. The first-order chi connectivity index (χ1) is 7.57. The van der Waals surface area contributed by atoms with Crippen LogP contribution >= 0.6 is 0 Å². The number of hydrogen-bond acceptors (Lipinski definition) is 3. The van der Waals surface area contributed by atoms with Gasteiger partial charge in [0.25, 0.3) is 0 Å². The summed E-state index contributed by atoms with van der Waals surface area (Å²) in [5.41, 5.74) is -0.422. The Labute approximate surface area is 105 Å². The van der Waals surface area contributed by atoms with Crippen molar-refractivity contribution in [3.8, 4) is 0 Å². The van der Waals surface area contributed by atoms with Gasteiger partial charge in [-0.15, -0.1) is 0 Å². The summed E-state index contributed by atoms with van der Waals surface area (Å²) in [6.45, 7) is 13.6. The van der Waals surface area contributed by atoms with E-state index in [1.807, 2.05) is 20.8 Å². The molecule has 1 saturated heterocycles. The smallest absolute Gasteiger partial charge is 0.410 e. The van der Waals surface area contributed by atoms with Crippen molar-refractivity contribution in [3.63, 3.8) is 0 Å². The molecule has 1 aliphatic rings. The van der Waals surface area contributed by atoms with E-state index in [0.29, 0.717) is 6.54 Å². The largest absolute Gasteiger partial charge is 0.444 e. The molecule has 0 N–H and O–H groups in total. The Bertz CT molecular complexity index is 280. The molecular weight excluding hydrogens is 234 g/mol. The molecule has 17 heavy (non-hydrogen) atoms. The third-order valence-corrected chi connectivity index (χ3v) is 3.36. The molecule has 1 atom stereocenters. The summed E-state index contributed by atoms with van der Waals surface area (Å²) in [6.07, 6.45) is 0.886. The molecule has 0 aromatic heterocycles. The van der Waals surface area contributed by atoms with Gasteiger partial charge in [0.05, 0.1) is 6.10 Å². The molecule has 1 amide bonds. The van der Waals surface area contributed by atoms with E-state index in [4.69, 9.17) is 9.16 Å². The van der Waals surface area contributed by atoms with Crippen LogP contribution in [0.25, 0.3) is 0 Å². The quantitative estimate of drug-likeness (QED) is 0.716. The van der Waals surface area contributed by atoms with Crippen molar-refractivity contribution in [3.05, 3.63) is 0 Å². The highest BCUT2D eigenvalue weighted by molar-refractivity contribution is 6.69. The molecule has 5 heteroatoms. The average molecular weight is 259 g/mol. The lowest BCUT2D eigenvalue weighted by Gasteiger charge is -2.25. The van der Waals surface area contributed by atoms with Gasteiger partial charge in [-0.3, -0.25) is 0 Å². The summed E-state index contributed by atoms with van der Waals surface area (Å²) < 4.78 is 11.3. The van der Waals surface area contributed by atoms with Gasteiger partial charge in [-0.2, -0.15) is 0 Å². The Morgan fingerprint density at radius 1 is 1.29 bits per heavy atom. The molecule has 4 nitrogen and oxygen atoms in total.